The third-order valence-corrected chi connectivity index (χ3v) is 4.40. The van der Waals surface area contributed by atoms with Crippen molar-refractivity contribution in [2.45, 2.75) is 58.8 Å². The van der Waals surface area contributed by atoms with Crippen molar-refractivity contribution >= 4 is 11.6 Å². The van der Waals surface area contributed by atoms with Gasteiger partial charge >= 0.3 is 0 Å². The van der Waals surface area contributed by atoms with Gasteiger partial charge in [0.15, 0.2) is 0 Å². The number of nitrogen functional groups attached to an aromatic ring is 1. The van der Waals surface area contributed by atoms with Crippen LogP contribution < -0.4 is 16.6 Å². The van der Waals surface area contributed by atoms with Gasteiger partial charge < -0.3 is 10.7 Å². The molecule has 1 fully saturated rings. The first-order chi connectivity index (χ1) is 10.1. The molecule has 0 amide bonds. The standard InChI is InChI=1S/C16H29N5/c1-11(2)16-19-14(10-15(20-16)21-17)18-9-8-13-6-4-12(3)5-7-13/h10-13H,4-9,17H2,1-3H3,(H2,18,19,20,21). The molecule has 5 nitrogen and oxygen atoms in total. The smallest absolute Gasteiger partial charge is 0.145 e. The molecule has 5 heteroatoms. The highest BCUT2D eigenvalue weighted by Gasteiger charge is 2.17. The van der Waals surface area contributed by atoms with Crippen LogP contribution >= 0.6 is 0 Å². The van der Waals surface area contributed by atoms with E-state index in [9.17, 15) is 0 Å². The largest absolute Gasteiger partial charge is 0.370 e. The average molecular weight is 291 g/mol. The van der Waals surface area contributed by atoms with Crippen LogP contribution in [0.25, 0.3) is 0 Å². The fraction of sp³-hybridized carbons (Fsp3) is 0.750. The maximum Gasteiger partial charge on any atom is 0.145 e. The molecular formula is C16H29N5. The van der Waals surface area contributed by atoms with Crippen LogP contribution in [0, 0.1) is 11.8 Å². The van der Waals surface area contributed by atoms with Gasteiger partial charge in [-0.3, -0.25) is 0 Å². The fourth-order valence-corrected chi connectivity index (χ4v) is 2.91. The average Bonchev–Trinajstić information content (AvgIpc) is 2.49. The Hall–Kier alpha value is -1.36. The summed E-state index contributed by atoms with van der Waals surface area (Å²) in [6.45, 7) is 7.51. The Morgan fingerprint density at radius 3 is 2.48 bits per heavy atom. The van der Waals surface area contributed by atoms with E-state index >= 15 is 0 Å². The molecule has 0 aromatic carbocycles. The van der Waals surface area contributed by atoms with Gasteiger partial charge in [-0.25, -0.2) is 15.8 Å². The zero-order chi connectivity index (χ0) is 15.2. The number of hydrogen-bond acceptors (Lipinski definition) is 5. The predicted octanol–water partition coefficient (Wildman–Crippen LogP) is 3.51. The molecule has 1 heterocycles. The summed E-state index contributed by atoms with van der Waals surface area (Å²) in [7, 11) is 0. The van der Waals surface area contributed by atoms with Crippen molar-refractivity contribution in [3.05, 3.63) is 11.9 Å². The zero-order valence-corrected chi connectivity index (χ0v) is 13.5. The number of rotatable bonds is 6. The molecule has 4 N–H and O–H groups in total. The Balaban J connectivity index is 1.86. The lowest BCUT2D eigenvalue weighted by molar-refractivity contribution is 0.282. The van der Waals surface area contributed by atoms with Crippen LogP contribution in [0.3, 0.4) is 0 Å². The molecule has 0 saturated heterocycles. The number of nitrogens with one attached hydrogen (secondary N) is 2. The van der Waals surface area contributed by atoms with Gasteiger partial charge in [0, 0.05) is 18.5 Å². The van der Waals surface area contributed by atoms with Gasteiger partial charge in [-0.15, -0.1) is 0 Å². The first-order valence-electron chi connectivity index (χ1n) is 8.18. The Kier molecular flexibility index (Phi) is 5.79. The van der Waals surface area contributed by atoms with Gasteiger partial charge in [-0.05, 0) is 18.3 Å². The molecule has 0 aliphatic heterocycles. The molecule has 21 heavy (non-hydrogen) atoms. The van der Waals surface area contributed by atoms with Crippen molar-refractivity contribution in [2.75, 3.05) is 17.3 Å². The van der Waals surface area contributed by atoms with Crippen LogP contribution in [0.2, 0.25) is 0 Å². The minimum absolute atomic E-state index is 0.290. The van der Waals surface area contributed by atoms with Gasteiger partial charge in [0.05, 0.1) is 0 Å². The van der Waals surface area contributed by atoms with Gasteiger partial charge in [0.25, 0.3) is 0 Å². The fourth-order valence-electron chi connectivity index (χ4n) is 2.91. The summed E-state index contributed by atoms with van der Waals surface area (Å²) in [5.41, 5.74) is 2.62. The van der Waals surface area contributed by atoms with E-state index in [0.717, 1.165) is 30.0 Å². The van der Waals surface area contributed by atoms with E-state index in [1.54, 1.807) is 0 Å². The van der Waals surface area contributed by atoms with Crippen LogP contribution in [-0.2, 0) is 0 Å². The normalized spacial score (nSPS) is 22.3. The lowest BCUT2D eigenvalue weighted by atomic mass is 9.81. The van der Waals surface area contributed by atoms with E-state index in [2.05, 4.69) is 41.5 Å². The molecule has 1 aromatic heterocycles. The van der Waals surface area contributed by atoms with Crippen molar-refractivity contribution in [3.63, 3.8) is 0 Å². The van der Waals surface area contributed by atoms with E-state index < -0.39 is 0 Å². The summed E-state index contributed by atoms with van der Waals surface area (Å²) in [6.07, 6.45) is 6.74. The summed E-state index contributed by atoms with van der Waals surface area (Å²) in [5.74, 6) is 9.91. The van der Waals surface area contributed by atoms with Gasteiger partial charge in [0.1, 0.15) is 17.5 Å². The molecule has 0 radical (unpaired) electrons. The third kappa shape index (κ3) is 4.84. The molecule has 0 unspecified atom stereocenters. The number of nitrogens with zero attached hydrogens (tertiary/aromatic N) is 2. The summed E-state index contributed by atoms with van der Waals surface area (Å²) < 4.78 is 0. The first kappa shape index (κ1) is 16.0. The topological polar surface area (TPSA) is 75.9 Å². The van der Waals surface area contributed by atoms with Crippen LogP contribution in [0.1, 0.15) is 64.6 Å². The first-order valence-corrected chi connectivity index (χ1v) is 8.18. The number of nitrogens with two attached hydrogens (primary N) is 1. The third-order valence-electron chi connectivity index (χ3n) is 4.40. The number of anilines is 2. The van der Waals surface area contributed by atoms with Crippen molar-refractivity contribution in [1.29, 1.82) is 0 Å². The Morgan fingerprint density at radius 2 is 1.86 bits per heavy atom. The summed E-state index contributed by atoms with van der Waals surface area (Å²) in [5, 5.41) is 3.43. The Morgan fingerprint density at radius 1 is 1.19 bits per heavy atom. The summed E-state index contributed by atoms with van der Waals surface area (Å²) in [6, 6.07) is 1.87. The maximum absolute atomic E-state index is 5.48. The van der Waals surface area contributed by atoms with Crippen molar-refractivity contribution in [2.24, 2.45) is 17.7 Å². The van der Waals surface area contributed by atoms with Crippen LogP contribution in [0.4, 0.5) is 11.6 Å². The molecule has 1 aliphatic carbocycles. The zero-order valence-electron chi connectivity index (χ0n) is 13.5. The van der Waals surface area contributed by atoms with E-state index in [-0.39, 0.29) is 0 Å². The van der Waals surface area contributed by atoms with Crippen LogP contribution in [0.15, 0.2) is 6.07 Å². The lowest BCUT2D eigenvalue weighted by Crippen LogP contribution is -2.17. The molecule has 0 bridgehead atoms. The second-order valence-electron chi connectivity index (χ2n) is 6.64. The van der Waals surface area contributed by atoms with E-state index in [0.29, 0.717) is 11.7 Å². The van der Waals surface area contributed by atoms with E-state index in [4.69, 9.17) is 5.84 Å². The quantitative estimate of drug-likeness (QED) is 0.552. The molecule has 1 aromatic rings. The van der Waals surface area contributed by atoms with Gasteiger partial charge in [-0.1, -0.05) is 46.5 Å². The SMILES string of the molecule is CC1CCC(CCNc2cc(NN)nc(C(C)C)n2)CC1. The monoisotopic (exact) mass is 291 g/mol. The molecular weight excluding hydrogens is 262 g/mol. The highest BCUT2D eigenvalue weighted by molar-refractivity contribution is 5.47. The second-order valence-corrected chi connectivity index (χ2v) is 6.64. The summed E-state index contributed by atoms with van der Waals surface area (Å²) in [4.78, 5) is 8.93. The predicted molar refractivity (Wildman–Crippen MR) is 88.2 cm³/mol. The highest BCUT2D eigenvalue weighted by Crippen LogP contribution is 2.30. The number of aromatic nitrogens is 2. The van der Waals surface area contributed by atoms with Gasteiger partial charge in [0.2, 0.25) is 0 Å². The van der Waals surface area contributed by atoms with E-state index in [1.807, 2.05) is 6.07 Å². The lowest BCUT2D eigenvalue weighted by Gasteiger charge is -2.26. The Labute approximate surface area is 128 Å². The van der Waals surface area contributed by atoms with E-state index in [1.165, 1.54) is 32.1 Å². The Bertz CT molecular complexity index is 438. The minimum Gasteiger partial charge on any atom is -0.370 e. The molecule has 2 rings (SSSR count). The van der Waals surface area contributed by atoms with Gasteiger partial charge in [-0.2, -0.15) is 0 Å². The number of hydrogen-bond donors (Lipinski definition) is 3. The molecule has 0 spiro atoms. The molecule has 118 valence electrons. The van der Waals surface area contributed by atoms with Crippen molar-refractivity contribution in [3.8, 4) is 0 Å². The summed E-state index contributed by atoms with van der Waals surface area (Å²) >= 11 is 0. The number of hydrazine groups is 1. The van der Waals surface area contributed by atoms with Crippen molar-refractivity contribution in [1.82, 2.24) is 9.97 Å². The highest BCUT2D eigenvalue weighted by atomic mass is 15.3. The van der Waals surface area contributed by atoms with Crippen molar-refractivity contribution < 1.29 is 0 Å². The second kappa shape index (κ2) is 7.59. The minimum atomic E-state index is 0.290. The van der Waals surface area contributed by atoms with Crippen LogP contribution in [-0.4, -0.2) is 16.5 Å². The van der Waals surface area contributed by atoms with Crippen LogP contribution in [0.5, 0.6) is 0 Å². The molecule has 1 aliphatic rings. The molecule has 1 saturated carbocycles. The maximum atomic E-state index is 5.48. The molecule has 0 atom stereocenters.